The van der Waals surface area contributed by atoms with Gasteiger partial charge in [-0.25, -0.2) is 0 Å². The van der Waals surface area contributed by atoms with Crippen LogP contribution in [0.15, 0.2) is 24.1 Å². The van der Waals surface area contributed by atoms with Gasteiger partial charge < -0.3 is 0 Å². The highest BCUT2D eigenvalue weighted by atomic mass is 32.2. The van der Waals surface area contributed by atoms with Gasteiger partial charge >= 0.3 is 0 Å². The fraction of sp³-hybridized carbons (Fsp3) is 0.429. The predicted molar refractivity (Wildman–Crippen MR) is 44.5 cm³/mol. The third-order valence-corrected chi connectivity index (χ3v) is 1.88. The number of hydrogen-bond acceptors (Lipinski definition) is 3. The van der Waals surface area contributed by atoms with Gasteiger partial charge in [0.1, 0.15) is 0 Å². The maximum Gasteiger partial charge on any atom is 0.289 e. The van der Waals surface area contributed by atoms with Gasteiger partial charge in [-0.05, 0) is 13.3 Å². The van der Waals surface area contributed by atoms with Crippen molar-refractivity contribution in [1.82, 2.24) is 0 Å². The van der Waals surface area contributed by atoms with E-state index in [1.165, 1.54) is 0 Å². The molecule has 0 spiro atoms. The summed E-state index contributed by atoms with van der Waals surface area (Å²) in [4.78, 5) is 0. The fourth-order valence-corrected chi connectivity index (χ4v) is 0.872. The topological polar surface area (TPSA) is 43.4 Å². The van der Waals surface area contributed by atoms with Gasteiger partial charge in [-0.15, -0.1) is 0 Å². The molecule has 0 aromatic rings. The molecule has 3 nitrogen and oxygen atoms in total. The summed E-state index contributed by atoms with van der Waals surface area (Å²) in [6, 6.07) is 0. The predicted octanol–water partition coefficient (Wildman–Crippen LogP) is 1.44. The third-order valence-electron chi connectivity index (χ3n) is 0.972. The van der Waals surface area contributed by atoms with Crippen LogP contribution in [-0.2, 0) is 14.3 Å². The fourth-order valence-electron chi connectivity index (χ4n) is 0.447. The molecule has 0 heterocycles. The van der Waals surface area contributed by atoms with E-state index in [0.29, 0.717) is 6.42 Å². The van der Waals surface area contributed by atoms with E-state index in [1.54, 1.807) is 0 Å². The van der Waals surface area contributed by atoms with Gasteiger partial charge in [-0.1, -0.05) is 18.7 Å². The van der Waals surface area contributed by atoms with Crippen molar-refractivity contribution in [3.05, 3.63) is 24.1 Å². The minimum atomic E-state index is -3.47. The molecule has 11 heavy (non-hydrogen) atoms. The molecule has 0 unspecified atom stereocenters. The zero-order valence-electron chi connectivity index (χ0n) is 6.49. The summed E-state index contributed by atoms with van der Waals surface area (Å²) in [5.74, 6) is 0. The second-order valence-electron chi connectivity index (χ2n) is 1.84. The molecule has 0 rings (SSSR count). The quantitative estimate of drug-likeness (QED) is 0.361. The Labute approximate surface area is 67.5 Å². The molecule has 0 aliphatic heterocycles. The molecule has 0 aliphatic carbocycles. The van der Waals surface area contributed by atoms with Crippen molar-refractivity contribution >= 4 is 10.1 Å². The van der Waals surface area contributed by atoms with Gasteiger partial charge in [0.05, 0.1) is 12.0 Å². The Hall–Kier alpha value is -0.610. The minimum absolute atomic E-state index is 0.179. The van der Waals surface area contributed by atoms with Crippen LogP contribution in [0.5, 0.6) is 0 Å². The standard InChI is InChI=1S/C7H12O3S/c1-3-5-6-7-10-11(8,9)4-2/h3-5H,2,6-7H2,1H3. The molecule has 0 N–H and O–H groups in total. The normalized spacial score (nSPS) is 12.1. The molecule has 0 fully saturated rings. The van der Waals surface area contributed by atoms with E-state index in [-0.39, 0.29) is 6.61 Å². The maximum absolute atomic E-state index is 10.6. The van der Waals surface area contributed by atoms with E-state index >= 15 is 0 Å². The lowest BCUT2D eigenvalue weighted by Gasteiger charge is -1.96. The Kier molecular flexibility index (Phi) is 4.81. The van der Waals surface area contributed by atoms with Crippen molar-refractivity contribution in [2.75, 3.05) is 6.61 Å². The van der Waals surface area contributed by atoms with E-state index in [9.17, 15) is 8.42 Å². The molecule has 64 valence electrons. The molecule has 0 aliphatic rings. The van der Waals surface area contributed by atoms with Crippen molar-refractivity contribution in [2.45, 2.75) is 13.3 Å². The summed E-state index contributed by atoms with van der Waals surface area (Å²) in [5, 5.41) is 0.794. The Balaban J connectivity index is 3.63. The molecule has 4 heteroatoms. The average Bonchev–Trinajstić information content (AvgIpc) is 1.99. The molecule has 0 saturated heterocycles. The molecular formula is C7H12O3S. The van der Waals surface area contributed by atoms with Crippen molar-refractivity contribution in [3.63, 3.8) is 0 Å². The molecule has 0 amide bonds. The smallest absolute Gasteiger partial charge is 0.267 e. The van der Waals surface area contributed by atoms with Gasteiger partial charge in [-0.3, -0.25) is 4.18 Å². The molecule has 0 aromatic heterocycles. The second-order valence-corrected chi connectivity index (χ2v) is 3.39. The van der Waals surface area contributed by atoms with Crippen LogP contribution in [0, 0.1) is 0 Å². The van der Waals surface area contributed by atoms with Crippen LogP contribution in [0.4, 0.5) is 0 Å². The van der Waals surface area contributed by atoms with Gasteiger partial charge in [0, 0.05) is 0 Å². The highest BCUT2D eigenvalue weighted by Crippen LogP contribution is 1.95. The van der Waals surface area contributed by atoms with Crippen molar-refractivity contribution in [3.8, 4) is 0 Å². The summed E-state index contributed by atoms with van der Waals surface area (Å²) in [7, 11) is -3.47. The molecule has 0 aromatic carbocycles. The Bertz CT molecular complexity index is 226. The van der Waals surface area contributed by atoms with Gasteiger partial charge in [0.15, 0.2) is 0 Å². The molecular weight excluding hydrogens is 164 g/mol. The van der Waals surface area contributed by atoms with E-state index in [1.807, 2.05) is 19.1 Å². The van der Waals surface area contributed by atoms with Crippen molar-refractivity contribution < 1.29 is 12.6 Å². The van der Waals surface area contributed by atoms with Crippen LogP contribution >= 0.6 is 0 Å². The first-order valence-corrected chi connectivity index (χ1v) is 4.72. The first-order chi connectivity index (χ1) is 5.12. The summed E-state index contributed by atoms with van der Waals surface area (Å²) < 4.78 is 25.7. The van der Waals surface area contributed by atoms with Crippen LogP contribution in [-0.4, -0.2) is 15.0 Å². The van der Waals surface area contributed by atoms with Crippen LogP contribution in [0.25, 0.3) is 0 Å². The summed E-state index contributed by atoms with van der Waals surface area (Å²) >= 11 is 0. The van der Waals surface area contributed by atoms with E-state index < -0.39 is 10.1 Å². The monoisotopic (exact) mass is 176 g/mol. The first kappa shape index (κ1) is 10.4. The largest absolute Gasteiger partial charge is 0.289 e. The average molecular weight is 176 g/mol. The van der Waals surface area contributed by atoms with Gasteiger partial charge in [0.2, 0.25) is 0 Å². The van der Waals surface area contributed by atoms with Gasteiger partial charge in [-0.2, -0.15) is 8.42 Å². The highest BCUT2D eigenvalue weighted by molar-refractivity contribution is 7.89. The van der Waals surface area contributed by atoms with Crippen LogP contribution in [0.2, 0.25) is 0 Å². The van der Waals surface area contributed by atoms with Crippen LogP contribution in [0.1, 0.15) is 13.3 Å². The van der Waals surface area contributed by atoms with Crippen LogP contribution < -0.4 is 0 Å². The molecule has 0 radical (unpaired) electrons. The van der Waals surface area contributed by atoms with E-state index in [4.69, 9.17) is 0 Å². The highest BCUT2D eigenvalue weighted by Gasteiger charge is 2.01. The van der Waals surface area contributed by atoms with Crippen molar-refractivity contribution in [2.24, 2.45) is 0 Å². The Morgan fingerprint density at radius 1 is 1.55 bits per heavy atom. The molecule has 0 bridgehead atoms. The summed E-state index contributed by atoms with van der Waals surface area (Å²) in [6.07, 6.45) is 4.27. The van der Waals surface area contributed by atoms with Gasteiger partial charge in [0.25, 0.3) is 10.1 Å². The number of hydrogen-bond donors (Lipinski definition) is 0. The van der Waals surface area contributed by atoms with Crippen LogP contribution in [0.3, 0.4) is 0 Å². The first-order valence-electron chi connectivity index (χ1n) is 3.25. The lowest BCUT2D eigenvalue weighted by Crippen LogP contribution is -2.01. The van der Waals surface area contributed by atoms with E-state index in [0.717, 1.165) is 5.41 Å². The molecule has 0 atom stereocenters. The maximum atomic E-state index is 10.6. The summed E-state index contributed by atoms with van der Waals surface area (Å²) in [6.45, 7) is 5.14. The molecule has 0 saturated carbocycles. The Morgan fingerprint density at radius 3 is 2.64 bits per heavy atom. The second kappa shape index (κ2) is 5.09. The lowest BCUT2D eigenvalue weighted by molar-refractivity contribution is 0.331. The Morgan fingerprint density at radius 2 is 2.18 bits per heavy atom. The minimum Gasteiger partial charge on any atom is -0.267 e. The third kappa shape index (κ3) is 5.82. The zero-order chi connectivity index (χ0) is 8.74. The SMILES string of the molecule is C=CS(=O)(=O)OCCC=CC. The summed E-state index contributed by atoms with van der Waals surface area (Å²) in [5.41, 5.74) is 0. The number of allylic oxidation sites excluding steroid dienone is 1. The number of rotatable bonds is 5. The van der Waals surface area contributed by atoms with Crippen molar-refractivity contribution in [1.29, 1.82) is 0 Å². The lowest BCUT2D eigenvalue weighted by atomic mass is 10.4. The van der Waals surface area contributed by atoms with E-state index in [2.05, 4.69) is 10.8 Å². The zero-order valence-corrected chi connectivity index (χ0v) is 7.30.